The molecule has 2 N–H and O–H groups in total. The summed E-state index contributed by atoms with van der Waals surface area (Å²) in [5.41, 5.74) is 4.80. The highest BCUT2D eigenvalue weighted by atomic mass is 32.2. The number of fused-ring (bicyclic) bond motifs is 2. The molecule has 1 saturated heterocycles. The number of rotatable bonds is 5. The Kier molecular flexibility index (Phi) is 6.00. The monoisotopic (exact) mass is 529 g/mol. The average molecular weight is 530 g/mol. The molecule has 3 aromatic heterocycles. The zero-order valence-corrected chi connectivity index (χ0v) is 21.9. The molecule has 1 aliphatic heterocycles. The topological polar surface area (TPSA) is 121 Å². The second-order valence-corrected chi connectivity index (χ2v) is 11.5. The first kappa shape index (κ1) is 24.3. The van der Waals surface area contributed by atoms with E-state index in [-0.39, 0.29) is 11.7 Å². The first-order valence-corrected chi connectivity index (χ1v) is 14.3. The minimum Gasteiger partial charge on any atom is -0.508 e. The molecule has 0 aliphatic carbocycles. The number of aromatic nitrogens is 4. The van der Waals surface area contributed by atoms with Gasteiger partial charge in [0.2, 0.25) is 10.0 Å². The van der Waals surface area contributed by atoms with Gasteiger partial charge >= 0.3 is 0 Å². The number of benzene rings is 2. The zero-order valence-electron chi connectivity index (χ0n) is 21.0. The van der Waals surface area contributed by atoms with E-state index in [9.17, 15) is 13.5 Å². The number of hydrogen-bond acceptors (Lipinski definition) is 7. The van der Waals surface area contributed by atoms with E-state index in [0.29, 0.717) is 30.1 Å². The standard InChI is InChI=1S/C28H27N5O4S/c1-17-13-19(7-10-29-17)26-23-14-20-16-30-32-25(20)15-24(23)28(31-27(26)18-8-11-37-12-9-18)33(38(2,35)36)21-3-5-22(34)6-4-21/h3-7,10,13-16,18,34H,8-9,11-12H2,1-2H3,(H,30,32). The number of phenolic OH excluding ortho intramolecular Hbond substituents is 1. The molecule has 0 atom stereocenters. The molecule has 0 bridgehead atoms. The van der Waals surface area contributed by atoms with Crippen LogP contribution in [0.5, 0.6) is 5.75 Å². The van der Waals surface area contributed by atoms with Crippen LogP contribution >= 0.6 is 0 Å². The summed E-state index contributed by atoms with van der Waals surface area (Å²) in [6.45, 7) is 3.18. The van der Waals surface area contributed by atoms with Crippen molar-refractivity contribution in [2.45, 2.75) is 25.7 Å². The zero-order chi connectivity index (χ0) is 26.4. The van der Waals surface area contributed by atoms with Crippen molar-refractivity contribution >= 4 is 43.2 Å². The second kappa shape index (κ2) is 9.38. The predicted octanol–water partition coefficient (Wildman–Crippen LogP) is 5.18. The van der Waals surface area contributed by atoms with Gasteiger partial charge in [0.15, 0.2) is 5.82 Å². The van der Waals surface area contributed by atoms with Crippen molar-refractivity contribution in [3.63, 3.8) is 0 Å². The van der Waals surface area contributed by atoms with Crippen molar-refractivity contribution in [2.75, 3.05) is 23.8 Å². The first-order valence-electron chi connectivity index (χ1n) is 12.4. The van der Waals surface area contributed by atoms with Crippen molar-refractivity contribution < 1.29 is 18.3 Å². The van der Waals surface area contributed by atoms with Gasteiger partial charge in [-0.2, -0.15) is 5.10 Å². The number of nitrogens with one attached hydrogen (secondary N) is 1. The first-order chi connectivity index (χ1) is 18.3. The molecule has 0 radical (unpaired) electrons. The summed E-state index contributed by atoms with van der Waals surface area (Å²) in [6.07, 6.45) is 6.27. The summed E-state index contributed by atoms with van der Waals surface area (Å²) in [7, 11) is -3.82. The van der Waals surface area contributed by atoms with Crippen LogP contribution in [0.25, 0.3) is 32.8 Å². The highest BCUT2D eigenvalue weighted by Gasteiger charge is 2.30. The Balaban J connectivity index is 1.75. The van der Waals surface area contributed by atoms with Gasteiger partial charge in [-0.3, -0.25) is 10.1 Å². The molecular weight excluding hydrogens is 502 g/mol. The lowest BCUT2D eigenvalue weighted by Gasteiger charge is -2.29. The number of pyridine rings is 2. The van der Waals surface area contributed by atoms with Crippen molar-refractivity contribution in [1.82, 2.24) is 20.2 Å². The van der Waals surface area contributed by atoms with Gasteiger partial charge < -0.3 is 9.84 Å². The van der Waals surface area contributed by atoms with Crippen LogP contribution in [-0.2, 0) is 14.8 Å². The van der Waals surface area contributed by atoms with Crippen molar-refractivity contribution in [3.05, 3.63) is 72.3 Å². The molecule has 6 rings (SSSR count). The molecule has 0 amide bonds. The van der Waals surface area contributed by atoms with Gasteiger partial charge in [-0.15, -0.1) is 0 Å². The van der Waals surface area contributed by atoms with Gasteiger partial charge in [0.25, 0.3) is 0 Å². The van der Waals surface area contributed by atoms with Crippen molar-refractivity contribution in [2.24, 2.45) is 0 Å². The third-order valence-corrected chi connectivity index (χ3v) is 8.02. The van der Waals surface area contributed by atoms with Crippen molar-refractivity contribution in [1.29, 1.82) is 0 Å². The number of nitrogens with zero attached hydrogens (tertiary/aromatic N) is 4. The van der Waals surface area contributed by atoms with E-state index >= 15 is 0 Å². The van der Waals surface area contributed by atoms with E-state index < -0.39 is 10.0 Å². The maximum atomic E-state index is 13.3. The van der Waals surface area contributed by atoms with Crippen LogP contribution in [0.1, 0.15) is 30.1 Å². The Morgan fingerprint density at radius 1 is 1.05 bits per heavy atom. The van der Waals surface area contributed by atoms with E-state index in [1.54, 1.807) is 24.5 Å². The number of phenols is 1. The molecule has 4 heterocycles. The fourth-order valence-corrected chi connectivity index (χ4v) is 6.19. The van der Waals surface area contributed by atoms with E-state index in [0.717, 1.165) is 57.9 Å². The highest BCUT2D eigenvalue weighted by molar-refractivity contribution is 7.92. The smallest absolute Gasteiger partial charge is 0.237 e. The number of sulfonamides is 1. The fraction of sp³-hybridized carbons (Fsp3) is 0.250. The van der Waals surface area contributed by atoms with Gasteiger partial charge in [0.1, 0.15) is 5.75 Å². The van der Waals surface area contributed by atoms with E-state index in [1.807, 2.05) is 31.2 Å². The van der Waals surface area contributed by atoms with Gasteiger partial charge in [0.05, 0.1) is 29.4 Å². The Labute approximate surface area is 220 Å². The normalized spacial score (nSPS) is 14.8. The summed E-state index contributed by atoms with van der Waals surface area (Å²) >= 11 is 0. The van der Waals surface area contributed by atoms with Crippen molar-refractivity contribution in [3.8, 4) is 16.9 Å². The third-order valence-electron chi connectivity index (χ3n) is 6.97. The lowest BCUT2D eigenvalue weighted by molar-refractivity contribution is 0.0847. The number of ether oxygens (including phenoxy) is 1. The number of aromatic hydroxyl groups is 1. The van der Waals surface area contributed by atoms with E-state index in [4.69, 9.17) is 9.72 Å². The number of H-pyrrole nitrogens is 1. The SMILES string of the molecule is Cc1cc(-c2c(C3CCOCC3)nc(N(c3ccc(O)cc3)S(C)(=O)=O)c3cc4[nH]ncc4cc23)ccn1. The van der Waals surface area contributed by atoms with E-state index in [2.05, 4.69) is 15.2 Å². The third kappa shape index (κ3) is 4.35. The quantitative estimate of drug-likeness (QED) is 0.322. The van der Waals surface area contributed by atoms with E-state index in [1.165, 1.54) is 16.4 Å². The van der Waals surface area contributed by atoms with Crippen LogP contribution in [-0.4, -0.2) is 53.2 Å². The predicted molar refractivity (Wildman–Crippen MR) is 147 cm³/mol. The molecule has 1 aliphatic rings. The molecule has 0 saturated carbocycles. The van der Waals surface area contributed by atoms with Crippen LogP contribution in [0.4, 0.5) is 11.5 Å². The molecule has 10 heteroatoms. The molecule has 0 spiro atoms. The van der Waals surface area contributed by atoms with Crippen LogP contribution < -0.4 is 4.31 Å². The maximum absolute atomic E-state index is 13.3. The molecule has 38 heavy (non-hydrogen) atoms. The number of hydrogen-bond donors (Lipinski definition) is 2. The van der Waals surface area contributed by atoms with Gasteiger partial charge in [-0.25, -0.2) is 17.7 Å². The van der Waals surface area contributed by atoms with Gasteiger partial charge in [-0.05, 0) is 79.2 Å². The van der Waals surface area contributed by atoms with Gasteiger partial charge in [0, 0.05) is 47.4 Å². The number of anilines is 2. The molecule has 2 aromatic carbocycles. The average Bonchev–Trinajstić information content (AvgIpc) is 3.36. The van der Waals surface area contributed by atoms with Gasteiger partial charge in [-0.1, -0.05) is 0 Å². The fourth-order valence-electron chi connectivity index (χ4n) is 5.24. The largest absolute Gasteiger partial charge is 0.508 e. The Morgan fingerprint density at radius 3 is 2.53 bits per heavy atom. The van der Waals surface area contributed by atoms with Crippen LogP contribution in [0, 0.1) is 6.92 Å². The minimum atomic E-state index is -3.82. The summed E-state index contributed by atoms with van der Waals surface area (Å²) < 4.78 is 33.6. The Morgan fingerprint density at radius 2 is 1.82 bits per heavy atom. The molecular formula is C28H27N5O4S. The maximum Gasteiger partial charge on any atom is 0.237 e. The van der Waals surface area contributed by atoms with Crippen LogP contribution in [0.2, 0.25) is 0 Å². The lowest BCUT2D eigenvalue weighted by atomic mass is 9.87. The molecule has 194 valence electrons. The Hall–Kier alpha value is -4.02. The molecule has 0 unspecified atom stereocenters. The Bertz CT molecular complexity index is 1760. The molecule has 1 fully saturated rings. The van der Waals surface area contributed by atoms with Crippen LogP contribution in [0.3, 0.4) is 0 Å². The highest BCUT2D eigenvalue weighted by Crippen LogP contribution is 2.44. The van der Waals surface area contributed by atoms with Crippen LogP contribution in [0.15, 0.2) is 60.9 Å². The summed E-state index contributed by atoms with van der Waals surface area (Å²) in [5.74, 6) is 0.433. The molecule has 5 aromatic rings. The molecule has 9 nitrogen and oxygen atoms in total. The minimum absolute atomic E-state index is 0.0467. The number of aryl methyl sites for hydroxylation is 1. The second-order valence-electron chi connectivity index (χ2n) is 9.67. The number of aromatic amines is 1. The summed E-state index contributed by atoms with van der Waals surface area (Å²) in [6, 6.07) is 14.0. The lowest BCUT2D eigenvalue weighted by Crippen LogP contribution is -2.27. The summed E-state index contributed by atoms with van der Waals surface area (Å²) in [5, 5.41) is 19.5. The summed E-state index contributed by atoms with van der Waals surface area (Å²) in [4.78, 5) is 9.55.